The molecule has 0 saturated carbocycles. The van der Waals surface area contributed by atoms with Crippen molar-refractivity contribution in [2.45, 2.75) is 12.8 Å². The van der Waals surface area contributed by atoms with Gasteiger partial charge in [0.1, 0.15) is 0 Å². The molecule has 7 heteroatoms. The summed E-state index contributed by atoms with van der Waals surface area (Å²) in [7, 11) is -3.16. The molecule has 0 unspecified atom stereocenters. The van der Waals surface area contributed by atoms with Gasteiger partial charge in [-0.05, 0) is 0 Å². The van der Waals surface area contributed by atoms with Gasteiger partial charge in [0, 0.05) is 6.42 Å². The summed E-state index contributed by atoms with van der Waals surface area (Å²) in [6.45, 7) is -0.562. The fraction of sp³-hybridized carbons (Fsp3) is 1.00. The van der Waals surface area contributed by atoms with Crippen LogP contribution in [0.4, 0.5) is 8.78 Å². The Balaban J connectivity index is 3.55. The van der Waals surface area contributed by atoms with E-state index < -0.39 is 29.9 Å². The Morgan fingerprint density at radius 2 is 2.00 bits per heavy atom. The van der Waals surface area contributed by atoms with E-state index in [-0.39, 0.29) is 0 Å². The molecule has 11 heavy (non-hydrogen) atoms. The van der Waals surface area contributed by atoms with Crippen LogP contribution >= 0.6 is 0 Å². The summed E-state index contributed by atoms with van der Waals surface area (Å²) in [6.07, 6.45) is -3.19. The second-order valence-electron chi connectivity index (χ2n) is 1.58. The SMILES string of the molecule is COS(=O)(=O)OCCC(F)F. The first-order valence-corrected chi connectivity index (χ1v) is 4.04. The van der Waals surface area contributed by atoms with Crippen LogP contribution in [0.1, 0.15) is 6.42 Å². The van der Waals surface area contributed by atoms with Crippen molar-refractivity contribution in [3.8, 4) is 0 Å². The third-order valence-electron chi connectivity index (χ3n) is 0.768. The summed E-state index contributed by atoms with van der Waals surface area (Å²) in [6, 6.07) is 0. The van der Waals surface area contributed by atoms with Gasteiger partial charge in [0.25, 0.3) is 0 Å². The number of hydrogen-bond acceptors (Lipinski definition) is 4. The molecule has 0 N–H and O–H groups in total. The third kappa shape index (κ3) is 6.14. The summed E-state index contributed by atoms with van der Waals surface area (Å²) in [5.74, 6) is 0. The van der Waals surface area contributed by atoms with E-state index in [2.05, 4.69) is 8.37 Å². The molecule has 0 heterocycles. The quantitative estimate of drug-likeness (QED) is 0.635. The first-order valence-electron chi connectivity index (χ1n) is 2.71. The molecule has 0 aliphatic heterocycles. The summed E-state index contributed by atoms with van der Waals surface area (Å²) >= 11 is 0. The predicted molar refractivity (Wildman–Crippen MR) is 32.5 cm³/mol. The Kier molecular flexibility index (Phi) is 4.46. The lowest BCUT2D eigenvalue weighted by atomic mass is 10.5. The van der Waals surface area contributed by atoms with Crippen LogP contribution < -0.4 is 0 Å². The number of hydrogen-bond donors (Lipinski definition) is 0. The molecule has 0 aromatic heterocycles. The molecule has 68 valence electrons. The number of halogens is 2. The second-order valence-corrected chi connectivity index (χ2v) is 2.96. The zero-order valence-electron chi connectivity index (χ0n) is 5.79. The highest BCUT2D eigenvalue weighted by Gasteiger charge is 2.10. The zero-order valence-corrected chi connectivity index (χ0v) is 6.61. The molecule has 0 atom stereocenters. The first kappa shape index (κ1) is 10.7. The van der Waals surface area contributed by atoms with E-state index in [1.54, 1.807) is 0 Å². The second kappa shape index (κ2) is 4.58. The van der Waals surface area contributed by atoms with Crippen molar-refractivity contribution in [2.75, 3.05) is 13.7 Å². The smallest absolute Gasteiger partial charge is 0.252 e. The van der Waals surface area contributed by atoms with Gasteiger partial charge in [-0.15, -0.1) is 0 Å². The van der Waals surface area contributed by atoms with Crippen molar-refractivity contribution in [3.05, 3.63) is 0 Å². The summed E-state index contributed by atoms with van der Waals surface area (Å²) < 4.78 is 51.2. The standard InChI is InChI=1S/C4H8F2O4S/c1-9-11(7,8)10-3-2-4(5)6/h4H,2-3H2,1H3. The average molecular weight is 190 g/mol. The van der Waals surface area contributed by atoms with E-state index in [1.807, 2.05) is 0 Å². The molecule has 0 bridgehead atoms. The number of rotatable bonds is 5. The summed E-state index contributed by atoms with van der Waals surface area (Å²) in [5.41, 5.74) is 0. The minimum absolute atomic E-state index is 0.562. The zero-order chi connectivity index (χ0) is 8.91. The molecular weight excluding hydrogens is 182 g/mol. The van der Waals surface area contributed by atoms with Crippen molar-refractivity contribution < 1.29 is 25.6 Å². The topological polar surface area (TPSA) is 52.6 Å². The van der Waals surface area contributed by atoms with E-state index in [0.717, 1.165) is 7.11 Å². The first-order chi connectivity index (χ1) is 4.98. The maximum Gasteiger partial charge on any atom is 0.399 e. The van der Waals surface area contributed by atoms with Crippen LogP contribution in [0.5, 0.6) is 0 Å². The van der Waals surface area contributed by atoms with Gasteiger partial charge in [0.05, 0.1) is 13.7 Å². The fourth-order valence-electron chi connectivity index (χ4n) is 0.287. The molecule has 0 fully saturated rings. The van der Waals surface area contributed by atoms with E-state index >= 15 is 0 Å². The molecule has 0 aliphatic rings. The monoisotopic (exact) mass is 190 g/mol. The van der Waals surface area contributed by atoms with E-state index in [0.29, 0.717) is 0 Å². The molecule has 0 aromatic carbocycles. The predicted octanol–water partition coefficient (Wildman–Crippen LogP) is 0.549. The molecule has 0 amide bonds. The Bertz CT molecular complexity index is 188. The van der Waals surface area contributed by atoms with Crippen LogP contribution in [-0.4, -0.2) is 28.6 Å². The molecule has 0 aliphatic carbocycles. The number of alkyl halides is 2. The van der Waals surface area contributed by atoms with Crippen LogP contribution in [0, 0.1) is 0 Å². The molecule has 0 rings (SSSR count). The Morgan fingerprint density at radius 1 is 1.45 bits per heavy atom. The van der Waals surface area contributed by atoms with Gasteiger partial charge in [0.15, 0.2) is 0 Å². The summed E-state index contributed by atoms with van der Waals surface area (Å²) in [4.78, 5) is 0. The molecule has 4 nitrogen and oxygen atoms in total. The van der Waals surface area contributed by atoms with Crippen molar-refractivity contribution >= 4 is 10.4 Å². The van der Waals surface area contributed by atoms with Crippen LogP contribution in [0.15, 0.2) is 0 Å². The Hall–Kier alpha value is -0.270. The van der Waals surface area contributed by atoms with E-state index in [4.69, 9.17) is 0 Å². The third-order valence-corrected chi connectivity index (χ3v) is 1.63. The van der Waals surface area contributed by atoms with Crippen molar-refractivity contribution in [3.63, 3.8) is 0 Å². The molecular formula is C4H8F2O4S. The van der Waals surface area contributed by atoms with Crippen molar-refractivity contribution in [2.24, 2.45) is 0 Å². The maximum atomic E-state index is 11.4. The van der Waals surface area contributed by atoms with E-state index in [9.17, 15) is 17.2 Å². The van der Waals surface area contributed by atoms with Crippen LogP contribution in [0.25, 0.3) is 0 Å². The van der Waals surface area contributed by atoms with Gasteiger partial charge in [0.2, 0.25) is 6.43 Å². The average Bonchev–Trinajstić information content (AvgIpc) is 1.87. The Labute approximate surface area is 63.4 Å². The molecule has 0 spiro atoms. The highest BCUT2D eigenvalue weighted by molar-refractivity contribution is 7.81. The largest absolute Gasteiger partial charge is 0.399 e. The Morgan fingerprint density at radius 3 is 2.36 bits per heavy atom. The van der Waals surface area contributed by atoms with Gasteiger partial charge in [-0.2, -0.15) is 8.42 Å². The highest BCUT2D eigenvalue weighted by atomic mass is 32.3. The van der Waals surface area contributed by atoms with Crippen LogP contribution in [0.2, 0.25) is 0 Å². The molecule has 0 saturated heterocycles. The minimum atomic E-state index is -4.05. The van der Waals surface area contributed by atoms with Crippen LogP contribution in [0.3, 0.4) is 0 Å². The lowest BCUT2D eigenvalue weighted by Gasteiger charge is -2.00. The van der Waals surface area contributed by atoms with Gasteiger partial charge >= 0.3 is 10.4 Å². The normalized spacial score (nSPS) is 12.4. The van der Waals surface area contributed by atoms with Gasteiger partial charge in [-0.25, -0.2) is 13.0 Å². The van der Waals surface area contributed by atoms with Gasteiger partial charge in [-0.3, -0.25) is 4.18 Å². The minimum Gasteiger partial charge on any atom is -0.252 e. The lowest BCUT2D eigenvalue weighted by Crippen LogP contribution is -2.10. The van der Waals surface area contributed by atoms with Crippen molar-refractivity contribution in [1.82, 2.24) is 0 Å². The summed E-state index contributed by atoms with van der Waals surface area (Å²) in [5, 5.41) is 0. The van der Waals surface area contributed by atoms with Gasteiger partial charge < -0.3 is 0 Å². The maximum absolute atomic E-state index is 11.4. The molecule has 0 radical (unpaired) electrons. The van der Waals surface area contributed by atoms with E-state index in [1.165, 1.54) is 0 Å². The van der Waals surface area contributed by atoms with Crippen LogP contribution in [-0.2, 0) is 18.8 Å². The molecule has 0 aromatic rings. The fourth-order valence-corrected chi connectivity index (χ4v) is 0.684. The lowest BCUT2D eigenvalue weighted by molar-refractivity contribution is 0.111. The van der Waals surface area contributed by atoms with Gasteiger partial charge in [-0.1, -0.05) is 0 Å². The van der Waals surface area contributed by atoms with Crippen molar-refractivity contribution in [1.29, 1.82) is 0 Å². The highest BCUT2D eigenvalue weighted by Crippen LogP contribution is 2.01.